The molecule has 1 atom stereocenters. The van der Waals surface area contributed by atoms with Gasteiger partial charge in [0.05, 0.1) is 32.6 Å². The van der Waals surface area contributed by atoms with Crippen LogP contribution in [0.3, 0.4) is 0 Å². The minimum Gasteiger partial charge on any atom is -0.493 e. The van der Waals surface area contributed by atoms with Crippen molar-refractivity contribution in [2.24, 2.45) is 0 Å². The highest BCUT2D eigenvalue weighted by molar-refractivity contribution is 7.10. The monoisotopic (exact) mass is 371 g/mol. The van der Waals surface area contributed by atoms with E-state index in [0.717, 1.165) is 0 Å². The quantitative estimate of drug-likeness (QED) is 0.746. The average molecular weight is 371 g/mol. The van der Waals surface area contributed by atoms with Crippen LogP contribution in [0.5, 0.6) is 11.5 Å². The Morgan fingerprint density at radius 1 is 1.28 bits per heavy atom. The number of halogens is 2. The summed E-state index contributed by atoms with van der Waals surface area (Å²) in [5.74, 6) is -0.325. The number of methoxy groups -OCH3 is 1. The minimum absolute atomic E-state index is 0.0843. The van der Waals surface area contributed by atoms with Gasteiger partial charge < -0.3 is 19.7 Å². The van der Waals surface area contributed by atoms with Crippen LogP contribution in [0, 0.1) is 0 Å². The molecule has 136 valence electrons. The van der Waals surface area contributed by atoms with Gasteiger partial charge in [0.2, 0.25) is 0 Å². The molecule has 8 heteroatoms. The summed E-state index contributed by atoms with van der Waals surface area (Å²) in [6.07, 6.45) is 0. The molecule has 0 spiro atoms. The zero-order chi connectivity index (χ0) is 18.4. The van der Waals surface area contributed by atoms with Crippen molar-refractivity contribution in [3.05, 3.63) is 46.2 Å². The molecule has 2 N–H and O–H groups in total. The van der Waals surface area contributed by atoms with Crippen LogP contribution in [0.1, 0.15) is 21.3 Å². The fraction of sp³-hybridized carbons (Fsp3) is 0.353. The van der Waals surface area contributed by atoms with E-state index in [1.807, 2.05) is 31.6 Å². The lowest BCUT2D eigenvalue weighted by molar-refractivity contribution is -0.890. The van der Waals surface area contributed by atoms with Crippen molar-refractivity contribution in [2.45, 2.75) is 12.7 Å². The molecule has 0 radical (unpaired) electrons. The first kappa shape index (κ1) is 19.1. The summed E-state index contributed by atoms with van der Waals surface area (Å²) in [7, 11) is 5.38. The zero-order valence-corrected chi connectivity index (χ0v) is 15.0. The third-order valence-electron chi connectivity index (χ3n) is 3.69. The minimum atomic E-state index is -2.96. The maximum Gasteiger partial charge on any atom is 0.387 e. The Hall–Kier alpha value is -2.19. The molecule has 2 rings (SSSR count). The summed E-state index contributed by atoms with van der Waals surface area (Å²) >= 11 is 1.64. The number of hydrogen-bond acceptors (Lipinski definition) is 4. The molecule has 5 nitrogen and oxygen atoms in total. The van der Waals surface area contributed by atoms with E-state index in [-0.39, 0.29) is 23.4 Å². The van der Waals surface area contributed by atoms with E-state index < -0.39 is 6.61 Å². The fourth-order valence-electron chi connectivity index (χ4n) is 2.38. The van der Waals surface area contributed by atoms with E-state index in [9.17, 15) is 13.6 Å². The SMILES string of the molecule is COc1cc(C(=O)NC[C@@H](c2cccs2)[NH+](C)C)ccc1OC(F)F. The van der Waals surface area contributed by atoms with Crippen LogP contribution in [-0.4, -0.2) is 40.3 Å². The van der Waals surface area contributed by atoms with Gasteiger partial charge in [0, 0.05) is 5.56 Å². The second kappa shape index (κ2) is 8.77. The Bertz CT molecular complexity index is 693. The average Bonchev–Trinajstić information content (AvgIpc) is 3.08. The van der Waals surface area contributed by atoms with Gasteiger partial charge in [-0.25, -0.2) is 0 Å². The summed E-state index contributed by atoms with van der Waals surface area (Å²) in [4.78, 5) is 14.8. The van der Waals surface area contributed by atoms with Crippen LogP contribution in [0.25, 0.3) is 0 Å². The van der Waals surface area contributed by atoms with Gasteiger partial charge in [0.15, 0.2) is 11.5 Å². The Balaban J connectivity index is 2.07. The number of likely N-dealkylation sites (N-methyl/N-ethyl adjacent to an activating group) is 1. The molecule has 0 bridgehead atoms. The van der Waals surface area contributed by atoms with Gasteiger partial charge in [0.1, 0.15) is 6.04 Å². The van der Waals surface area contributed by atoms with Crippen LogP contribution in [0.2, 0.25) is 0 Å². The first-order chi connectivity index (χ1) is 11.9. The van der Waals surface area contributed by atoms with E-state index in [0.29, 0.717) is 12.1 Å². The van der Waals surface area contributed by atoms with Crippen molar-refractivity contribution >= 4 is 17.2 Å². The van der Waals surface area contributed by atoms with Crippen molar-refractivity contribution in [1.29, 1.82) is 0 Å². The Labute approximate surface area is 149 Å². The lowest BCUT2D eigenvalue weighted by Gasteiger charge is -2.20. The first-order valence-electron chi connectivity index (χ1n) is 7.67. The van der Waals surface area contributed by atoms with Crippen molar-refractivity contribution in [3.63, 3.8) is 0 Å². The van der Waals surface area contributed by atoms with E-state index in [2.05, 4.69) is 10.1 Å². The van der Waals surface area contributed by atoms with Crippen molar-refractivity contribution in [3.8, 4) is 11.5 Å². The number of alkyl halides is 2. The summed E-state index contributed by atoms with van der Waals surface area (Å²) < 4.78 is 34.1. The molecule has 0 saturated carbocycles. The number of ether oxygens (including phenoxy) is 2. The second-order valence-corrected chi connectivity index (χ2v) is 6.58. The number of hydrogen-bond donors (Lipinski definition) is 2. The van der Waals surface area contributed by atoms with Gasteiger partial charge in [-0.15, -0.1) is 11.3 Å². The molecule has 0 saturated heterocycles. The van der Waals surface area contributed by atoms with Crippen LogP contribution in [0.4, 0.5) is 8.78 Å². The van der Waals surface area contributed by atoms with Gasteiger partial charge in [0.25, 0.3) is 5.91 Å². The van der Waals surface area contributed by atoms with Crippen LogP contribution in [-0.2, 0) is 0 Å². The molecule has 25 heavy (non-hydrogen) atoms. The molecular formula is C17H21F2N2O3S+. The topological polar surface area (TPSA) is 52.0 Å². The molecule has 1 amide bonds. The highest BCUT2D eigenvalue weighted by Crippen LogP contribution is 2.29. The third-order valence-corrected chi connectivity index (χ3v) is 4.68. The molecule has 0 unspecified atom stereocenters. The molecule has 1 aromatic carbocycles. The number of thiophene rings is 1. The Morgan fingerprint density at radius 3 is 2.60 bits per heavy atom. The zero-order valence-electron chi connectivity index (χ0n) is 14.2. The van der Waals surface area contributed by atoms with E-state index in [4.69, 9.17) is 4.74 Å². The lowest BCUT2D eigenvalue weighted by Crippen LogP contribution is -3.06. The predicted octanol–water partition coefficient (Wildman–Crippen LogP) is 1.97. The molecule has 1 aromatic heterocycles. The number of nitrogens with one attached hydrogen (secondary N) is 2. The number of rotatable bonds is 8. The maximum atomic E-state index is 12.4. The predicted molar refractivity (Wildman–Crippen MR) is 91.8 cm³/mol. The number of benzene rings is 1. The molecule has 0 fully saturated rings. The van der Waals surface area contributed by atoms with Crippen LogP contribution < -0.4 is 19.7 Å². The molecule has 0 aliphatic carbocycles. The number of quaternary nitrogens is 1. The Morgan fingerprint density at radius 2 is 2.04 bits per heavy atom. The van der Waals surface area contributed by atoms with Crippen molar-refractivity contribution in [1.82, 2.24) is 5.32 Å². The van der Waals surface area contributed by atoms with Gasteiger partial charge >= 0.3 is 6.61 Å². The van der Waals surface area contributed by atoms with E-state index in [1.165, 1.54) is 35.1 Å². The molecule has 1 heterocycles. The van der Waals surface area contributed by atoms with Gasteiger partial charge in [-0.05, 0) is 29.6 Å². The smallest absolute Gasteiger partial charge is 0.387 e. The summed E-state index contributed by atoms with van der Waals surface area (Å²) in [5.41, 5.74) is 0.317. The normalized spacial score (nSPS) is 12.3. The standard InChI is InChI=1S/C17H20F2N2O3S/c1-21(2)12(15-5-4-8-25-15)10-20-16(22)11-6-7-13(24-17(18)19)14(9-11)23-3/h4-9,12,17H,10H2,1-3H3,(H,20,22)/p+1/t12-/m0/s1. The maximum absolute atomic E-state index is 12.4. The highest BCUT2D eigenvalue weighted by Gasteiger charge is 2.21. The van der Waals surface area contributed by atoms with E-state index in [1.54, 1.807) is 11.3 Å². The number of carbonyl (C=O) groups excluding carboxylic acids is 1. The largest absolute Gasteiger partial charge is 0.493 e. The molecule has 0 aliphatic rings. The Kier molecular flexibility index (Phi) is 6.72. The van der Waals surface area contributed by atoms with Crippen molar-refractivity contribution in [2.75, 3.05) is 27.7 Å². The van der Waals surface area contributed by atoms with Crippen LogP contribution >= 0.6 is 11.3 Å². The fourth-order valence-corrected chi connectivity index (χ4v) is 3.33. The van der Waals surface area contributed by atoms with Gasteiger partial charge in [-0.2, -0.15) is 8.78 Å². The summed E-state index contributed by atoms with van der Waals surface area (Å²) in [5, 5.41) is 4.88. The van der Waals surface area contributed by atoms with E-state index >= 15 is 0 Å². The first-order valence-corrected chi connectivity index (χ1v) is 8.54. The molecule has 0 aliphatic heterocycles. The van der Waals surface area contributed by atoms with Gasteiger partial charge in [-0.3, -0.25) is 4.79 Å². The van der Waals surface area contributed by atoms with Crippen molar-refractivity contribution < 1.29 is 27.9 Å². The summed E-state index contributed by atoms with van der Waals surface area (Å²) in [6, 6.07) is 8.26. The van der Waals surface area contributed by atoms with Gasteiger partial charge in [-0.1, -0.05) is 6.07 Å². The number of amides is 1. The second-order valence-electron chi connectivity index (χ2n) is 5.60. The highest BCUT2D eigenvalue weighted by atomic mass is 32.1. The summed E-state index contributed by atoms with van der Waals surface area (Å²) in [6.45, 7) is -2.50. The lowest BCUT2D eigenvalue weighted by atomic mass is 10.1. The number of carbonyl (C=O) groups is 1. The third kappa shape index (κ3) is 5.14. The molecule has 2 aromatic rings. The molecular weight excluding hydrogens is 350 g/mol. The van der Waals surface area contributed by atoms with Crippen LogP contribution in [0.15, 0.2) is 35.7 Å².